The van der Waals surface area contributed by atoms with Gasteiger partial charge in [0.2, 0.25) is 5.91 Å². The molecule has 0 aliphatic heterocycles. The molecular formula is C19H28N2O. The number of fused-ring (bicyclic) bond motifs is 1. The van der Waals surface area contributed by atoms with Crippen LogP contribution in [0.2, 0.25) is 0 Å². The van der Waals surface area contributed by atoms with Gasteiger partial charge in [0.1, 0.15) is 0 Å². The van der Waals surface area contributed by atoms with Crippen LogP contribution in [0.1, 0.15) is 55.2 Å². The van der Waals surface area contributed by atoms with Crippen molar-refractivity contribution < 1.29 is 4.79 Å². The standard InChI is InChI=1S/C19H28N2O/c1-21(18-10-8-17(20)9-11-18)19(22)13-14-6-7-15-4-2-3-5-16(15)12-14/h6-7,12,17-18H,2-5,8-11,13,20H2,1H3. The van der Waals surface area contributed by atoms with Crippen LogP contribution in [-0.2, 0) is 24.1 Å². The molecule has 3 heteroatoms. The summed E-state index contributed by atoms with van der Waals surface area (Å²) in [6.45, 7) is 0. The Bertz CT molecular complexity index is 532. The van der Waals surface area contributed by atoms with Crippen LogP contribution in [0.4, 0.5) is 0 Å². The largest absolute Gasteiger partial charge is 0.342 e. The Labute approximate surface area is 133 Å². The van der Waals surface area contributed by atoms with Crippen LogP contribution in [0.25, 0.3) is 0 Å². The molecule has 120 valence electrons. The summed E-state index contributed by atoms with van der Waals surface area (Å²) < 4.78 is 0. The van der Waals surface area contributed by atoms with E-state index < -0.39 is 0 Å². The van der Waals surface area contributed by atoms with E-state index in [4.69, 9.17) is 5.73 Å². The molecule has 0 atom stereocenters. The highest BCUT2D eigenvalue weighted by molar-refractivity contribution is 5.79. The van der Waals surface area contributed by atoms with Gasteiger partial charge in [-0.15, -0.1) is 0 Å². The molecule has 22 heavy (non-hydrogen) atoms. The molecule has 0 bridgehead atoms. The maximum atomic E-state index is 12.6. The number of nitrogens with two attached hydrogens (primary N) is 1. The number of benzene rings is 1. The molecule has 2 aliphatic carbocycles. The van der Waals surface area contributed by atoms with E-state index in [9.17, 15) is 4.79 Å². The normalized spacial score (nSPS) is 24.6. The van der Waals surface area contributed by atoms with E-state index in [1.807, 2.05) is 11.9 Å². The average molecular weight is 300 g/mol. The maximum Gasteiger partial charge on any atom is 0.226 e. The van der Waals surface area contributed by atoms with E-state index in [0.29, 0.717) is 18.5 Å². The third-order valence-corrected chi connectivity index (χ3v) is 5.45. The SMILES string of the molecule is CN(C(=O)Cc1ccc2c(c1)CCCC2)C1CCC(N)CC1. The highest BCUT2D eigenvalue weighted by atomic mass is 16.2. The second-order valence-corrected chi connectivity index (χ2v) is 7.06. The fraction of sp³-hybridized carbons (Fsp3) is 0.632. The van der Waals surface area contributed by atoms with E-state index in [2.05, 4.69) is 18.2 Å². The predicted octanol–water partition coefficient (Wildman–Crippen LogP) is 2.84. The lowest BCUT2D eigenvalue weighted by atomic mass is 9.89. The summed E-state index contributed by atoms with van der Waals surface area (Å²) in [7, 11) is 1.96. The van der Waals surface area contributed by atoms with Crippen molar-refractivity contribution in [1.29, 1.82) is 0 Å². The van der Waals surface area contributed by atoms with Gasteiger partial charge < -0.3 is 10.6 Å². The third-order valence-electron chi connectivity index (χ3n) is 5.45. The zero-order chi connectivity index (χ0) is 15.5. The van der Waals surface area contributed by atoms with Crippen molar-refractivity contribution in [2.45, 2.75) is 69.9 Å². The number of nitrogens with zero attached hydrogens (tertiary/aromatic N) is 1. The Morgan fingerprint density at radius 2 is 1.82 bits per heavy atom. The van der Waals surface area contributed by atoms with Crippen LogP contribution in [0, 0.1) is 0 Å². The molecule has 0 saturated heterocycles. The van der Waals surface area contributed by atoms with Crippen LogP contribution in [0.15, 0.2) is 18.2 Å². The molecule has 1 aromatic rings. The van der Waals surface area contributed by atoms with Gasteiger partial charge in [-0.05, 0) is 68.1 Å². The number of rotatable bonds is 3. The van der Waals surface area contributed by atoms with E-state index in [-0.39, 0.29) is 5.91 Å². The summed E-state index contributed by atoms with van der Waals surface area (Å²) in [6.07, 6.45) is 9.68. The first-order chi connectivity index (χ1) is 10.6. The molecule has 2 N–H and O–H groups in total. The average Bonchev–Trinajstić information content (AvgIpc) is 2.55. The summed E-state index contributed by atoms with van der Waals surface area (Å²) in [4.78, 5) is 14.5. The Balaban J connectivity index is 1.61. The molecule has 1 aromatic carbocycles. The zero-order valence-electron chi connectivity index (χ0n) is 13.7. The number of amides is 1. The highest BCUT2D eigenvalue weighted by Gasteiger charge is 2.25. The fourth-order valence-corrected chi connectivity index (χ4v) is 3.89. The molecule has 3 nitrogen and oxygen atoms in total. The van der Waals surface area contributed by atoms with Crippen molar-refractivity contribution in [2.75, 3.05) is 7.05 Å². The van der Waals surface area contributed by atoms with Crippen molar-refractivity contribution in [3.8, 4) is 0 Å². The van der Waals surface area contributed by atoms with Crippen LogP contribution >= 0.6 is 0 Å². The maximum absolute atomic E-state index is 12.6. The lowest BCUT2D eigenvalue weighted by Gasteiger charge is -2.33. The summed E-state index contributed by atoms with van der Waals surface area (Å²) >= 11 is 0. The minimum atomic E-state index is 0.247. The van der Waals surface area contributed by atoms with E-state index in [0.717, 1.165) is 25.7 Å². The second kappa shape index (κ2) is 6.82. The molecular weight excluding hydrogens is 272 g/mol. The van der Waals surface area contributed by atoms with E-state index in [1.54, 1.807) is 0 Å². The van der Waals surface area contributed by atoms with Crippen molar-refractivity contribution in [2.24, 2.45) is 5.73 Å². The van der Waals surface area contributed by atoms with Gasteiger partial charge in [-0.1, -0.05) is 18.2 Å². The Hall–Kier alpha value is -1.35. The van der Waals surface area contributed by atoms with E-state index >= 15 is 0 Å². The highest BCUT2D eigenvalue weighted by Crippen LogP contribution is 2.24. The van der Waals surface area contributed by atoms with Crippen molar-refractivity contribution in [1.82, 2.24) is 4.90 Å². The van der Waals surface area contributed by atoms with Gasteiger partial charge in [0, 0.05) is 19.1 Å². The fourth-order valence-electron chi connectivity index (χ4n) is 3.89. The number of aryl methyl sites for hydroxylation is 2. The Morgan fingerprint density at radius 3 is 2.55 bits per heavy atom. The van der Waals surface area contributed by atoms with Crippen LogP contribution < -0.4 is 5.73 Å². The first-order valence-corrected chi connectivity index (χ1v) is 8.75. The first kappa shape index (κ1) is 15.5. The topological polar surface area (TPSA) is 46.3 Å². The van der Waals surface area contributed by atoms with Crippen molar-refractivity contribution in [3.63, 3.8) is 0 Å². The summed E-state index contributed by atoms with van der Waals surface area (Å²) in [6, 6.07) is 7.35. The first-order valence-electron chi connectivity index (χ1n) is 8.75. The number of carbonyl (C=O) groups excluding carboxylic acids is 1. The number of hydrogen-bond acceptors (Lipinski definition) is 2. The number of likely N-dealkylation sites (N-methyl/N-ethyl adjacent to an activating group) is 1. The Kier molecular flexibility index (Phi) is 4.82. The van der Waals surface area contributed by atoms with Gasteiger partial charge >= 0.3 is 0 Å². The number of hydrogen-bond donors (Lipinski definition) is 1. The van der Waals surface area contributed by atoms with Gasteiger partial charge in [-0.25, -0.2) is 0 Å². The number of carbonyl (C=O) groups is 1. The molecule has 0 unspecified atom stereocenters. The molecule has 1 fully saturated rings. The summed E-state index contributed by atoms with van der Waals surface area (Å²) in [5, 5.41) is 0. The van der Waals surface area contributed by atoms with Gasteiger partial charge in [0.15, 0.2) is 0 Å². The monoisotopic (exact) mass is 300 g/mol. The molecule has 0 spiro atoms. The zero-order valence-corrected chi connectivity index (χ0v) is 13.7. The molecule has 1 amide bonds. The molecule has 2 aliphatic rings. The predicted molar refractivity (Wildman–Crippen MR) is 89.8 cm³/mol. The third kappa shape index (κ3) is 3.52. The molecule has 3 rings (SSSR count). The summed E-state index contributed by atoms with van der Waals surface area (Å²) in [5.74, 6) is 0.247. The van der Waals surface area contributed by atoms with Gasteiger partial charge in [0.05, 0.1) is 6.42 Å². The van der Waals surface area contributed by atoms with E-state index in [1.165, 1.54) is 42.4 Å². The van der Waals surface area contributed by atoms with Gasteiger partial charge in [-0.2, -0.15) is 0 Å². The quantitative estimate of drug-likeness (QED) is 0.933. The lowest BCUT2D eigenvalue weighted by molar-refractivity contribution is -0.131. The Morgan fingerprint density at radius 1 is 1.14 bits per heavy atom. The molecule has 0 heterocycles. The van der Waals surface area contributed by atoms with Gasteiger partial charge in [0.25, 0.3) is 0 Å². The smallest absolute Gasteiger partial charge is 0.226 e. The lowest BCUT2D eigenvalue weighted by Crippen LogP contribution is -2.42. The van der Waals surface area contributed by atoms with Crippen molar-refractivity contribution in [3.05, 3.63) is 34.9 Å². The second-order valence-electron chi connectivity index (χ2n) is 7.06. The van der Waals surface area contributed by atoms with Crippen molar-refractivity contribution >= 4 is 5.91 Å². The minimum absolute atomic E-state index is 0.247. The van der Waals surface area contributed by atoms with Crippen LogP contribution in [-0.4, -0.2) is 29.9 Å². The molecule has 0 radical (unpaired) electrons. The van der Waals surface area contributed by atoms with Crippen LogP contribution in [0.3, 0.4) is 0 Å². The summed E-state index contributed by atoms with van der Waals surface area (Å²) in [5.41, 5.74) is 10.1. The molecule has 1 saturated carbocycles. The van der Waals surface area contributed by atoms with Crippen LogP contribution in [0.5, 0.6) is 0 Å². The molecule has 0 aromatic heterocycles. The van der Waals surface area contributed by atoms with Gasteiger partial charge in [-0.3, -0.25) is 4.79 Å². The minimum Gasteiger partial charge on any atom is -0.342 e.